The lowest BCUT2D eigenvalue weighted by atomic mass is 9.83. The number of benzene rings is 2. The van der Waals surface area contributed by atoms with Crippen LogP contribution in [0, 0.1) is 6.92 Å². The number of aromatic nitrogens is 1. The molecule has 1 aliphatic heterocycles. The average Bonchev–Trinajstić information content (AvgIpc) is 3.04. The van der Waals surface area contributed by atoms with Crippen LogP contribution in [-0.4, -0.2) is 31.4 Å². The van der Waals surface area contributed by atoms with Crippen molar-refractivity contribution in [1.82, 2.24) is 4.98 Å². The maximum absolute atomic E-state index is 10.0. The minimum atomic E-state index is -0.157. The molecule has 6 nitrogen and oxygen atoms in total. The highest BCUT2D eigenvalue weighted by Crippen LogP contribution is 2.51. The summed E-state index contributed by atoms with van der Waals surface area (Å²) in [5, 5.41) is 10.0. The van der Waals surface area contributed by atoms with Crippen molar-refractivity contribution < 1.29 is 24.1 Å². The topological polar surface area (TPSA) is 72.9 Å². The van der Waals surface area contributed by atoms with E-state index in [2.05, 4.69) is 4.98 Å². The summed E-state index contributed by atoms with van der Waals surface area (Å²) in [4.78, 5) is 2.88. The average molecular weight is 367 g/mol. The van der Waals surface area contributed by atoms with E-state index in [1.807, 2.05) is 37.3 Å². The molecule has 4 rings (SSSR count). The van der Waals surface area contributed by atoms with E-state index in [0.717, 1.165) is 28.0 Å². The van der Waals surface area contributed by atoms with Gasteiger partial charge in [-0.25, -0.2) is 0 Å². The van der Waals surface area contributed by atoms with Crippen LogP contribution >= 0.6 is 0 Å². The van der Waals surface area contributed by atoms with Crippen molar-refractivity contribution >= 4 is 0 Å². The Morgan fingerprint density at radius 2 is 1.63 bits per heavy atom. The Balaban J connectivity index is 1.96. The second-order valence-electron chi connectivity index (χ2n) is 6.47. The van der Waals surface area contributed by atoms with E-state index >= 15 is 0 Å². The predicted octanol–water partition coefficient (Wildman–Crippen LogP) is 4.34. The molecule has 2 heterocycles. The standard InChI is InChI=1S/C21H21NO5/c1-11-5-6-13-15(7-11)27-21-14(10-18(23)22-21)19(13)12-8-16(24-2)20(26-4)17(9-12)25-3/h5-10,19,22-23H,1-4H3. The predicted molar refractivity (Wildman–Crippen MR) is 101 cm³/mol. The molecule has 0 amide bonds. The van der Waals surface area contributed by atoms with Crippen LogP contribution in [0.1, 0.15) is 28.2 Å². The molecule has 2 aromatic carbocycles. The lowest BCUT2D eigenvalue weighted by molar-refractivity contribution is 0.323. The first-order valence-corrected chi connectivity index (χ1v) is 8.56. The largest absolute Gasteiger partial charge is 0.495 e. The number of aromatic amines is 1. The van der Waals surface area contributed by atoms with Gasteiger partial charge in [0.15, 0.2) is 17.4 Å². The second kappa shape index (κ2) is 6.46. The van der Waals surface area contributed by atoms with E-state index in [-0.39, 0.29) is 11.8 Å². The Bertz CT molecular complexity index is 983. The molecule has 0 saturated heterocycles. The van der Waals surface area contributed by atoms with Crippen LogP contribution in [0.5, 0.6) is 34.8 Å². The fourth-order valence-corrected chi connectivity index (χ4v) is 3.61. The lowest BCUT2D eigenvalue weighted by Gasteiger charge is -2.27. The Labute approximate surface area is 157 Å². The van der Waals surface area contributed by atoms with Gasteiger partial charge in [0.1, 0.15) is 5.75 Å². The molecule has 3 aromatic rings. The maximum atomic E-state index is 10.0. The number of hydrogen-bond donors (Lipinski definition) is 2. The normalized spacial score (nSPS) is 14.7. The summed E-state index contributed by atoms with van der Waals surface area (Å²) in [6.45, 7) is 2.01. The molecule has 1 atom stereocenters. The molecular weight excluding hydrogens is 346 g/mol. The first-order valence-electron chi connectivity index (χ1n) is 8.56. The molecule has 1 aliphatic rings. The molecule has 0 aliphatic carbocycles. The smallest absolute Gasteiger partial charge is 0.204 e. The number of aromatic hydroxyl groups is 1. The third kappa shape index (κ3) is 2.73. The summed E-state index contributed by atoms with van der Waals surface area (Å²) < 4.78 is 22.5. The van der Waals surface area contributed by atoms with Crippen LogP contribution in [0.25, 0.3) is 0 Å². The van der Waals surface area contributed by atoms with Gasteiger partial charge >= 0.3 is 0 Å². The maximum Gasteiger partial charge on any atom is 0.204 e. The lowest BCUT2D eigenvalue weighted by Crippen LogP contribution is -2.11. The third-order valence-electron chi connectivity index (χ3n) is 4.82. The minimum absolute atomic E-state index is 0.0574. The van der Waals surface area contributed by atoms with Crippen LogP contribution < -0.4 is 18.9 Å². The SMILES string of the molecule is COc1cc(C2c3ccc(C)cc3Oc3[nH]c(O)cc32)cc(OC)c1OC. The zero-order valence-electron chi connectivity index (χ0n) is 15.6. The Morgan fingerprint density at radius 1 is 0.926 bits per heavy atom. The van der Waals surface area contributed by atoms with Crippen molar-refractivity contribution in [2.24, 2.45) is 0 Å². The van der Waals surface area contributed by atoms with Gasteiger partial charge in [0.25, 0.3) is 0 Å². The van der Waals surface area contributed by atoms with Crippen LogP contribution in [0.3, 0.4) is 0 Å². The van der Waals surface area contributed by atoms with E-state index < -0.39 is 0 Å². The molecule has 27 heavy (non-hydrogen) atoms. The molecular formula is C21H21NO5. The van der Waals surface area contributed by atoms with Gasteiger partial charge in [-0.1, -0.05) is 12.1 Å². The number of fused-ring (bicyclic) bond motifs is 2. The highest BCUT2D eigenvalue weighted by molar-refractivity contribution is 5.62. The number of methoxy groups -OCH3 is 3. The van der Waals surface area contributed by atoms with Crippen molar-refractivity contribution in [1.29, 1.82) is 0 Å². The number of hydrogen-bond acceptors (Lipinski definition) is 5. The molecule has 140 valence electrons. The van der Waals surface area contributed by atoms with Gasteiger partial charge in [-0.15, -0.1) is 0 Å². The van der Waals surface area contributed by atoms with Crippen LogP contribution in [0.15, 0.2) is 36.4 Å². The van der Waals surface area contributed by atoms with Gasteiger partial charge in [0, 0.05) is 23.1 Å². The van der Waals surface area contributed by atoms with Crippen LogP contribution in [0.2, 0.25) is 0 Å². The van der Waals surface area contributed by atoms with Gasteiger partial charge < -0.3 is 24.1 Å². The summed E-state index contributed by atoms with van der Waals surface area (Å²) in [6.07, 6.45) is 0. The summed E-state index contributed by atoms with van der Waals surface area (Å²) in [7, 11) is 4.76. The highest BCUT2D eigenvalue weighted by atomic mass is 16.5. The quantitative estimate of drug-likeness (QED) is 0.561. The fraction of sp³-hybridized carbons (Fsp3) is 0.238. The summed E-state index contributed by atoms with van der Waals surface area (Å²) in [5.41, 5.74) is 3.88. The highest BCUT2D eigenvalue weighted by Gasteiger charge is 2.32. The molecule has 2 N–H and O–H groups in total. The first-order chi connectivity index (χ1) is 13.0. The first kappa shape index (κ1) is 17.1. The van der Waals surface area contributed by atoms with Crippen molar-refractivity contribution in [3.63, 3.8) is 0 Å². The van der Waals surface area contributed by atoms with Gasteiger partial charge in [-0.2, -0.15) is 0 Å². The van der Waals surface area contributed by atoms with Gasteiger partial charge in [-0.05, 0) is 36.2 Å². The number of ether oxygens (including phenoxy) is 4. The number of H-pyrrole nitrogens is 1. The molecule has 0 fully saturated rings. The van der Waals surface area contributed by atoms with E-state index in [0.29, 0.717) is 23.1 Å². The summed E-state index contributed by atoms with van der Waals surface area (Å²) in [6, 6.07) is 11.6. The molecule has 1 unspecified atom stereocenters. The van der Waals surface area contributed by atoms with Crippen molar-refractivity contribution in [3.05, 3.63) is 58.7 Å². The third-order valence-corrected chi connectivity index (χ3v) is 4.82. The zero-order valence-corrected chi connectivity index (χ0v) is 15.6. The number of nitrogens with one attached hydrogen (secondary N) is 1. The second-order valence-corrected chi connectivity index (χ2v) is 6.47. The van der Waals surface area contributed by atoms with Gasteiger partial charge in [0.05, 0.1) is 21.3 Å². The minimum Gasteiger partial charge on any atom is -0.495 e. The molecule has 0 spiro atoms. The van der Waals surface area contributed by atoms with Crippen LogP contribution in [-0.2, 0) is 0 Å². The number of aryl methyl sites for hydroxylation is 1. The monoisotopic (exact) mass is 367 g/mol. The summed E-state index contributed by atoms with van der Waals surface area (Å²) in [5.74, 6) is 2.88. The molecule has 0 saturated carbocycles. The number of rotatable bonds is 4. The molecule has 0 radical (unpaired) electrons. The zero-order chi connectivity index (χ0) is 19.1. The van der Waals surface area contributed by atoms with E-state index in [1.54, 1.807) is 27.4 Å². The van der Waals surface area contributed by atoms with Crippen molar-refractivity contribution in [2.75, 3.05) is 21.3 Å². The van der Waals surface area contributed by atoms with E-state index in [4.69, 9.17) is 18.9 Å². The van der Waals surface area contributed by atoms with Crippen LogP contribution in [0.4, 0.5) is 0 Å². The Morgan fingerprint density at radius 3 is 2.26 bits per heavy atom. The molecule has 1 aromatic heterocycles. The van der Waals surface area contributed by atoms with E-state index in [9.17, 15) is 5.11 Å². The van der Waals surface area contributed by atoms with Crippen molar-refractivity contribution in [3.8, 4) is 34.8 Å². The molecule has 6 heteroatoms. The summed E-state index contributed by atoms with van der Waals surface area (Å²) >= 11 is 0. The molecule has 0 bridgehead atoms. The van der Waals surface area contributed by atoms with E-state index in [1.165, 1.54) is 0 Å². The Kier molecular flexibility index (Phi) is 4.11. The fourth-order valence-electron chi connectivity index (χ4n) is 3.61. The Hall–Kier alpha value is -3.28. The van der Waals surface area contributed by atoms with Gasteiger partial charge in [0.2, 0.25) is 11.6 Å². The van der Waals surface area contributed by atoms with Crippen molar-refractivity contribution in [2.45, 2.75) is 12.8 Å². The van der Waals surface area contributed by atoms with Gasteiger partial charge in [-0.3, -0.25) is 4.98 Å².